The van der Waals surface area contributed by atoms with Crippen molar-refractivity contribution in [3.05, 3.63) is 28.2 Å². The van der Waals surface area contributed by atoms with Crippen molar-refractivity contribution >= 4 is 0 Å². The Kier molecular flexibility index (Phi) is 2.24. The van der Waals surface area contributed by atoms with Crippen LogP contribution in [-0.2, 0) is 6.54 Å². The van der Waals surface area contributed by atoms with Crippen LogP contribution in [0.25, 0.3) is 0 Å². The lowest BCUT2D eigenvalue weighted by molar-refractivity contribution is 0.255. The van der Waals surface area contributed by atoms with Crippen LogP contribution in [0.4, 0.5) is 0 Å². The van der Waals surface area contributed by atoms with Crippen LogP contribution in [0.5, 0.6) is 5.75 Å². The maximum atomic E-state index is 11.9. The van der Waals surface area contributed by atoms with Crippen LogP contribution in [-0.4, -0.2) is 24.8 Å². The van der Waals surface area contributed by atoms with Crippen molar-refractivity contribution in [1.82, 2.24) is 9.88 Å². The largest absolute Gasteiger partial charge is 0.496 e. The number of pyridine rings is 1. The third-order valence-corrected chi connectivity index (χ3v) is 3.67. The van der Waals surface area contributed by atoms with Crippen molar-refractivity contribution in [2.45, 2.75) is 18.9 Å². The van der Waals surface area contributed by atoms with Crippen molar-refractivity contribution in [1.29, 1.82) is 0 Å². The average Bonchev–Trinajstić information content (AvgIpc) is 2.31. The van der Waals surface area contributed by atoms with Gasteiger partial charge in [-0.2, -0.15) is 0 Å². The van der Waals surface area contributed by atoms with Crippen LogP contribution in [0.2, 0.25) is 0 Å². The molecular formula is C12H16N2O2. The zero-order valence-electron chi connectivity index (χ0n) is 9.40. The molecule has 2 bridgehead atoms. The summed E-state index contributed by atoms with van der Waals surface area (Å²) in [4.78, 5) is 11.9. The highest BCUT2D eigenvalue weighted by Gasteiger charge is 2.31. The fourth-order valence-corrected chi connectivity index (χ4v) is 2.90. The molecule has 3 rings (SSSR count). The molecule has 1 saturated heterocycles. The minimum Gasteiger partial charge on any atom is -0.496 e. The Morgan fingerprint density at radius 3 is 3.12 bits per heavy atom. The Bertz CT molecular complexity index is 467. The molecule has 0 saturated carbocycles. The van der Waals surface area contributed by atoms with Crippen molar-refractivity contribution in [2.24, 2.45) is 5.92 Å². The van der Waals surface area contributed by atoms with Gasteiger partial charge in [0.1, 0.15) is 5.75 Å². The molecule has 4 nitrogen and oxygen atoms in total. The lowest BCUT2D eigenvalue weighted by Crippen LogP contribution is -2.44. The Morgan fingerprint density at radius 2 is 2.31 bits per heavy atom. The van der Waals surface area contributed by atoms with Gasteiger partial charge in [0.25, 0.3) is 5.56 Å². The summed E-state index contributed by atoms with van der Waals surface area (Å²) in [5.74, 6) is 1.76. The summed E-state index contributed by atoms with van der Waals surface area (Å²) in [6, 6.07) is 3.59. The summed E-state index contributed by atoms with van der Waals surface area (Å²) < 4.78 is 7.08. The van der Waals surface area contributed by atoms with Crippen molar-refractivity contribution in [3.8, 4) is 5.75 Å². The van der Waals surface area contributed by atoms with Crippen molar-refractivity contribution < 1.29 is 4.74 Å². The zero-order chi connectivity index (χ0) is 11.1. The van der Waals surface area contributed by atoms with Crippen LogP contribution < -0.4 is 15.6 Å². The monoisotopic (exact) mass is 220 g/mol. The van der Waals surface area contributed by atoms with Gasteiger partial charge >= 0.3 is 0 Å². The molecule has 1 aromatic rings. The standard InChI is InChI=1S/C12H16N2O2/c1-16-10-3-11-9-2-8(5-13-6-9)7-14(11)12(15)4-10/h3-4,8-9,13H,2,5-7H2,1H3/t8?,9-/m1/s1. The second-order valence-corrected chi connectivity index (χ2v) is 4.73. The Morgan fingerprint density at radius 1 is 1.44 bits per heavy atom. The molecule has 0 amide bonds. The normalized spacial score (nSPS) is 27.3. The summed E-state index contributed by atoms with van der Waals surface area (Å²) in [5.41, 5.74) is 1.21. The molecule has 0 aromatic carbocycles. The van der Waals surface area contributed by atoms with Gasteiger partial charge in [0.2, 0.25) is 0 Å². The fourth-order valence-electron chi connectivity index (χ4n) is 2.90. The lowest BCUT2D eigenvalue weighted by Gasteiger charge is -2.37. The number of rotatable bonds is 1. The van der Waals surface area contributed by atoms with E-state index in [1.807, 2.05) is 10.6 Å². The summed E-state index contributed by atoms with van der Waals surface area (Å²) in [6.07, 6.45) is 1.19. The first kappa shape index (κ1) is 9.90. The molecule has 16 heavy (non-hydrogen) atoms. The van der Waals surface area contributed by atoms with E-state index in [1.54, 1.807) is 13.2 Å². The molecule has 1 N–H and O–H groups in total. The number of fused-ring (bicyclic) bond motifs is 4. The van der Waals surface area contributed by atoms with E-state index >= 15 is 0 Å². The number of piperidine rings is 1. The van der Waals surface area contributed by atoms with E-state index in [9.17, 15) is 4.79 Å². The van der Waals surface area contributed by atoms with Gasteiger partial charge in [-0.3, -0.25) is 4.79 Å². The Balaban J connectivity index is 2.13. The van der Waals surface area contributed by atoms with Crippen LogP contribution in [0, 0.1) is 5.92 Å². The second-order valence-electron chi connectivity index (χ2n) is 4.73. The van der Waals surface area contributed by atoms with Crippen LogP contribution in [0.1, 0.15) is 18.0 Å². The predicted molar refractivity (Wildman–Crippen MR) is 61.0 cm³/mol. The number of hydrogen-bond donors (Lipinski definition) is 1. The van der Waals surface area contributed by atoms with Crippen molar-refractivity contribution in [2.75, 3.05) is 20.2 Å². The van der Waals surface area contributed by atoms with E-state index in [-0.39, 0.29) is 5.56 Å². The molecular weight excluding hydrogens is 204 g/mol. The average molecular weight is 220 g/mol. The third kappa shape index (κ3) is 1.45. The number of methoxy groups -OCH3 is 1. The van der Waals surface area contributed by atoms with Gasteiger partial charge in [-0.15, -0.1) is 0 Å². The van der Waals surface area contributed by atoms with Gasteiger partial charge in [0.15, 0.2) is 0 Å². The highest BCUT2D eigenvalue weighted by Crippen LogP contribution is 2.32. The Labute approximate surface area is 94.2 Å². The topological polar surface area (TPSA) is 43.3 Å². The van der Waals surface area contributed by atoms with Crippen molar-refractivity contribution in [3.63, 3.8) is 0 Å². The number of nitrogens with zero attached hydrogens (tertiary/aromatic N) is 1. The summed E-state index contributed by atoms with van der Waals surface area (Å²) in [6.45, 7) is 2.86. The molecule has 0 radical (unpaired) electrons. The minimum absolute atomic E-state index is 0.0750. The molecule has 2 aliphatic heterocycles. The summed E-state index contributed by atoms with van der Waals surface area (Å²) in [7, 11) is 1.61. The van der Waals surface area contributed by atoms with Gasteiger partial charge in [-0.1, -0.05) is 0 Å². The highest BCUT2D eigenvalue weighted by molar-refractivity contribution is 5.28. The van der Waals surface area contributed by atoms with Gasteiger partial charge < -0.3 is 14.6 Å². The summed E-state index contributed by atoms with van der Waals surface area (Å²) >= 11 is 0. The Hall–Kier alpha value is -1.29. The maximum Gasteiger partial charge on any atom is 0.254 e. The first-order chi connectivity index (χ1) is 7.78. The molecule has 2 aliphatic rings. The van der Waals surface area contributed by atoms with Crippen LogP contribution in [0.15, 0.2) is 16.9 Å². The molecule has 1 fully saturated rings. The maximum absolute atomic E-state index is 11.9. The smallest absolute Gasteiger partial charge is 0.254 e. The number of nitrogens with one attached hydrogen (secondary N) is 1. The molecule has 2 atom stereocenters. The van der Waals surface area contributed by atoms with Crippen LogP contribution >= 0.6 is 0 Å². The first-order valence-electron chi connectivity index (χ1n) is 5.77. The van der Waals surface area contributed by atoms with E-state index in [1.165, 1.54) is 6.42 Å². The van der Waals surface area contributed by atoms with E-state index in [0.717, 1.165) is 25.3 Å². The van der Waals surface area contributed by atoms with E-state index < -0.39 is 0 Å². The number of ether oxygens (including phenoxy) is 1. The lowest BCUT2D eigenvalue weighted by atomic mass is 9.84. The SMILES string of the molecule is COc1cc2n(c(=O)c1)CC1CNC[C@H]2C1. The minimum atomic E-state index is 0.0750. The van der Waals surface area contributed by atoms with E-state index in [2.05, 4.69) is 5.32 Å². The molecule has 0 aliphatic carbocycles. The number of hydrogen-bond acceptors (Lipinski definition) is 3. The van der Waals surface area contributed by atoms with Gasteiger partial charge in [0, 0.05) is 36.8 Å². The quantitative estimate of drug-likeness (QED) is 0.752. The van der Waals surface area contributed by atoms with Gasteiger partial charge in [0.05, 0.1) is 7.11 Å². The van der Waals surface area contributed by atoms with E-state index in [0.29, 0.717) is 17.6 Å². The molecule has 4 heteroatoms. The molecule has 3 heterocycles. The molecule has 1 unspecified atom stereocenters. The predicted octanol–water partition coefficient (Wildman–Crippen LogP) is 0.564. The zero-order valence-corrected chi connectivity index (χ0v) is 9.40. The summed E-state index contributed by atoms with van der Waals surface area (Å²) in [5, 5.41) is 3.43. The van der Waals surface area contributed by atoms with E-state index in [4.69, 9.17) is 4.74 Å². The molecule has 86 valence electrons. The molecule has 1 aromatic heterocycles. The fraction of sp³-hybridized carbons (Fsp3) is 0.583. The van der Waals surface area contributed by atoms with Gasteiger partial charge in [-0.25, -0.2) is 0 Å². The second kappa shape index (κ2) is 3.63. The molecule has 0 spiro atoms. The van der Waals surface area contributed by atoms with Crippen LogP contribution in [0.3, 0.4) is 0 Å². The number of aromatic nitrogens is 1. The van der Waals surface area contributed by atoms with Gasteiger partial charge in [-0.05, 0) is 18.9 Å². The highest BCUT2D eigenvalue weighted by atomic mass is 16.5. The first-order valence-corrected chi connectivity index (χ1v) is 5.77. The third-order valence-electron chi connectivity index (χ3n) is 3.67.